The average Bonchev–Trinajstić information content (AvgIpc) is 3.00. The molecule has 0 spiro atoms. The van der Waals surface area contributed by atoms with E-state index < -0.39 is 0 Å². The number of carbonyl (C=O) groups excluding carboxylic acids is 2. The summed E-state index contributed by atoms with van der Waals surface area (Å²) in [6.45, 7) is 1.73. The van der Waals surface area contributed by atoms with Gasteiger partial charge in [0.15, 0.2) is 5.78 Å². The number of allylic oxidation sites excluding steroid dienone is 3. The molecule has 2 rings (SSSR count). The highest BCUT2D eigenvalue weighted by molar-refractivity contribution is 6.02. The van der Waals surface area contributed by atoms with Crippen LogP contribution >= 0.6 is 0 Å². The van der Waals surface area contributed by atoms with Gasteiger partial charge in [0.1, 0.15) is 11.9 Å². The minimum Gasteiger partial charge on any atom is -0.493 e. The number of Topliss-reactive ketones (excluding diaryl/α,β-unsaturated/α-hetero) is 1. The van der Waals surface area contributed by atoms with E-state index in [1.54, 1.807) is 25.3 Å². The molecule has 2 atom stereocenters. The molecule has 1 aliphatic carbocycles. The number of aliphatic hydroxyl groups excluding tert-OH is 1. The fraction of sp³-hybridized carbons (Fsp3) is 0.636. The minimum atomic E-state index is -0.373. The lowest BCUT2D eigenvalue weighted by Crippen LogP contribution is -2.11. The zero-order valence-corrected chi connectivity index (χ0v) is 15.9. The minimum absolute atomic E-state index is 0.0477. The molecule has 1 aliphatic heterocycles. The van der Waals surface area contributed by atoms with Crippen molar-refractivity contribution in [2.24, 2.45) is 0 Å². The molecule has 4 nitrogen and oxygen atoms in total. The van der Waals surface area contributed by atoms with Gasteiger partial charge in [-0.15, -0.1) is 0 Å². The quantitative estimate of drug-likeness (QED) is 0.489. The summed E-state index contributed by atoms with van der Waals surface area (Å²) in [6.07, 6.45) is 17.3. The maximum Gasteiger partial charge on any atom is 0.179 e. The molecule has 0 amide bonds. The van der Waals surface area contributed by atoms with E-state index in [0.29, 0.717) is 19.3 Å². The van der Waals surface area contributed by atoms with Gasteiger partial charge in [-0.2, -0.15) is 0 Å². The average molecular weight is 360 g/mol. The fourth-order valence-corrected chi connectivity index (χ4v) is 3.42. The van der Waals surface area contributed by atoms with E-state index in [9.17, 15) is 9.59 Å². The summed E-state index contributed by atoms with van der Waals surface area (Å²) in [4.78, 5) is 23.1. The van der Waals surface area contributed by atoms with Gasteiger partial charge >= 0.3 is 0 Å². The Morgan fingerprint density at radius 3 is 2.50 bits per heavy atom. The molecule has 0 aromatic rings. The Labute approximate surface area is 157 Å². The Bertz CT molecular complexity index is 569. The van der Waals surface area contributed by atoms with Gasteiger partial charge in [-0.1, -0.05) is 32.1 Å². The van der Waals surface area contributed by atoms with Crippen LogP contribution in [0.2, 0.25) is 0 Å². The van der Waals surface area contributed by atoms with Crippen LogP contribution in [0.5, 0.6) is 0 Å². The number of ketones is 2. The Morgan fingerprint density at radius 2 is 1.77 bits per heavy atom. The van der Waals surface area contributed by atoms with E-state index in [-0.39, 0.29) is 23.8 Å². The van der Waals surface area contributed by atoms with Crippen molar-refractivity contribution in [3.8, 4) is 0 Å². The van der Waals surface area contributed by atoms with Crippen molar-refractivity contribution in [3.05, 3.63) is 35.6 Å². The first kappa shape index (κ1) is 20.6. The number of fused-ring (bicyclic) bond motifs is 1. The van der Waals surface area contributed by atoms with Gasteiger partial charge in [-0.25, -0.2) is 0 Å². The van der Waals surface area contributed by atoms with Crippen LogP contribution in [-0.4, -0.2) is 28.9 Å². The molecular formula is C22H32O4. The first-order valence-corrected chi connectivity index (χ1v) is 10.1. The predicted octanol–water partition coefficient (Wildman–Crippen LogP) is 4.58. The van der Waals surface area contributed by atoms with Gasteiger partial charge in [0.2, 0.25) is 0 Å². The molecule has 0 saturated heterocycles. The lowest BCUT2D eigenvalue weighted by molar-refractivity contribution is -0.119. The Balaban J connectivity index is 1.43. The molecule has 2 aliphatic rings. The van der Waals surface area contributed by atoms with Gasteiger partial charge in [-0.05, 0) is 50.8 Å². The molecular weight excluding hydrogens is 328 g/mol. The molecule has 1 N–H and O–H groups in total. The van der Waals surface area contributed by atoms with Crippen molar-refractivity contribution < 1.29 is 19.4 Å². The van der Waals surface area contributed by atoms with Crippen LogP contribution in [0.25, 0.3) is 0 Å². The molecule has 0 aromatic heterocycles. The topological polar surface area (TPSA) is 63.6 Å². The summed E-state index contributed by atoms with van der Waals surface area (Å²) in [5, 5.41) is 9.17. The number of carbonyl (C=O) groups is 2. The summed E-state index contributed by atoms with van der Waals surface area (Å²) in [5.41, 5.74) is 2.08. The number of ether oxygens (including phenoxy) is 1. The largest absolute Gasteiger partial charge is 0.493 e. The fourth-order valence-electron chi connectivity index (χ4n) is 3.42. The van der Waals surface area contributed by atoms with Crippen molar-refractivity contribution in [1.82, 2.24) is 0 Å². The van der Waals surface area contributed by atoms with E-state index >= 15 is 0 Å². The number of hydrogen-bond acceptors (Lipinski definition) is 4. The second-order valence-corrected chi connectivity index (χ2v) is 7.47. The molecule has 4 heteroatoms. The molecule has 0 radical (unpaired) electrons. The molecule has 1 heterocycles. The second kappa shape index (κ2) is 11.1. The molecule has 2 unspecified atom stereocenters. The summed E-state index contributed by atoms with van der Waals surface area (Å²) < 4.78 is 5.68. The van der Waals surface area contributed by atoms with Gasteiger partial charge in [0, 0.05) is 24.0 Å². The third kappa shape index (κ3) is 7.28. The van der Waals surface area contributed by atoms with Crippen molar-refractivity contribution in [2.45, 2.75) is 89.8 Å². The van der Waals surface area contributed by atoms with Gasteiger partial charge in [0.05, 0.1) is 12.4 Å². The maximum absolute atomic E-state index is 11.6. The van der Waals surface area contributed by atoms with Crippen molar-refractivity contribution >= 4 is 11.6 Å². The summed E-state index contributed by atoms with van der Waals surface area (Å²) in [6, 6.07) is 0. The van der Waals surface area contributed by atoms with E-state index in [4.69, 9.17) is 9.84 Å². The molecule has 0 saturated carbocycles. The van der Waals surface area contributed by atoms with E-state index in [0.717, 1.165) is 36.8 Å². The third-order valence-electron chi connectivity index (χ3n) is 5.03. The molecule has 144 valence electrons. The zero-order valence-electron chi connectivity index (χ0n) is 15.9. The Hall–Kier alpha value is -1.68. The van der Waals surface area contributed by atoms with Crippen LogP contribution in [0, 0.1) is 0 Å². The first-order valence-electron chi connectivity index (χ1n) is 10.1. The highest BCUT2D eigenvalue weighted by atomic mass is 16.5. The van der Waals surface area contributed by atoms with Gasteiger partial charge in [0.25, 0.3) is 0 Å². The normalized spacial score (nSPS) is 19.6. The smallest absolute Gasteiger partial charge is 0.179 e. The molecule has 0 bridgehead atoms. The van der Waals surface area contributed by atoms with Crippen LogP contribution in [0.1, 0.15) is 77.6 Å². The first-order chi connectivity index (χ1) is 12.6. The van der Waals surface area contributed by atoms with Crippen LogP contribution in [0.3, 0.4) is 0 Å². The lowest BCUT2D eigenvalue weighted by atomic mass is 9.94. The highest BCUT2D eigenvalue weighted by Crippen LogP contribution is 2.31. The van der Waals surface area contributed by atoms with Gasteiger partial charge < -0.3 is 9.84 Å². The molecule has 26 heavy (non-hydrogen) atoms. The number of unbranched alkanes of at least 4 members (excludes halogenated alkanes) is 6. The van der Waals surface area contributed by atoms with Crippen molar-refractivity contribution in [3.63, 3.8) is 0 Å². The highest BCUT2D eigenvalue weighted by Gasteiger charge is 2.25. The predicted molar refractivity (Wildman–Crippen MR) is 103 cm³/mol. The van der Waals surface area contributed by atoms with E-state index in [2.05, 4.69) is 0 Å². The zero-order chi connectivity index (χ0) is 18.8. The Morgan fingerprint density at radius 1 is 1.08 bits per heavy atom. The molecule has 0 fully saturated rings. The summed E-state index contributed by atoms with van der Waals surface area (Å²) >= 11 is 0. The van der Waals surface area contributed by atoms with Crippen molar-refractivity contribution in [1.29, 1.82) is 0 Å². The SMILES string of the molecule is CC(O)CCC(=O)CCCCCCCCCC1OC=C2C=CC(=O)C=C21. The third-order valence-corrected chi connectivity index (χ3v) is 5.03. The second-order valence-electron chi connectivity index (χ2n) is 7.47. The van der Waals surface area contributed by atoms with Crippen molar-refractivity contribution in [2.75, 3.05) is 0 Å². The standard InChI is InChI=1S/C22H32O4/c1-17(23)11-13-19(24)9-7-5-3-2-4-6-8-10-22-21-15-20(25)14-12-18(21)16-26-22/h12,14-17,22-23H,2-11,13H2,1H3. The van der Waals surface area contributed by atoms with Crippen LogP contribution < -0.4 is 0 Å². The number of hydrogen-bond donors (Lipinski definition) is 1. The van der Waals surface area contributed by atoms with Gasteiger partial charge in [-0.3, -0.25) is 9.59 Å². The van der Waals surface area contributed by atoms with Crippen LogP contribution in [0.15, 0.2) is 35.6 Å². The lowest BCUT2D eigenvalue weighted by Gasteiger charge is -2.14. The summed E-state index contributed by atoms with van der Waals surface area (Å²) in [5.74, 6) is 0.331. The van der Waals surface area contributed by atoms with Crippen LogP contribution in [0.4, 0.5) is 0 Å². The monoisotopic (exact) mass is 360 g/mol. The number of aliphatic hydroxyl groups is 1. The van der Waals surface area contributed by atoms with E-state index in [1.807, 2.05) is 6.08 Å². The van der Waals surface area contributed by atoms with E-state index in [1.165, 1.54) is 25.7 Å². The Kier molecular flexibility index (Phi) is 8.82. The summed E-state index contributed by atoms with van der Waals surface area (Å²) in [7, 11) is 0. The van der Waals surface area contributed by atoms with Crippen LogP contribution in [-0.2, 0) is 14.3 Å². The maximum atomic E-state index is 11.6. The molecule has 0 aromatic carbocycles. The number of rotatable bonds is 13.